The van der Waals surface area contributed by atoms with E-state index in [0.717, 1.165) is 5.69 Å². The van der Waals surface area contributed by atoms with Gasteiger partial charge in [-0.3, -0.25) is 10.4 Å². The SMILES string of the molecule is NC(=NNC(=S)Nc1ccc(Cl)cc1)c1ccccn1. The van der Waals surface area contributed by atoms with Gasteiger partial charge in [0.2, 0.25) is 0 Å². The maximum Gasteiger partial charge on any atom is 0.191 e. The van der Waals surface area contributed by atoms with Crippen molar-refractivity contribution in [2.75, 3.05) is 5.32 Å². The fourth-order valence-electron chi connectivity index (χ4n) is 1.37. The van der Waals surface area contributed by atoms with Gasteiger partial charge in [0.05, 0.1) is 0 Å². The van der Waals surface area contributed by atoms with Crippen LogP contribution in [0.4, 0.5) is 5.69 Å². The normalized spacial score (nSPS) is 10.9. The predicted octanol–water partition coefficient (Wildman–Crippen LogP) is 2.34. The third-order valence-corrected chi connectivity index (χ3v) is 2.75. The maximum atomic E-state index is 5.80. The molecule has 5 nitrogen and oxygen atoms in total. The van der Waals surface area contributed by atoms with Crippen LogP contribution < -0.4 is 16.5 Å². The van der Waals surface area contributed by atoms with Crippen LogP contribution >= 0.6 is 23.8 Å². The quantitative estimate of drug-likeness (QED) is 0.351. The molecule has 0 saturated carbocycles. The third kappa shape index (κ3) is 4.18. The minimum atomic E-state index is 0.255. The van der Waals surface area contributed by atoms with Gasteiger partial charge in [0.25, 0.3) is 0 Å². The van der Waals surface area contributed by atoms with Crippen molar-refractivity contribution >= 4 is 40.5 Å². The minimum absolute atomic E-state index is 0.255. The summed E-state index contributed by atoms with van der Waals surface area (Å²) >= 11 is 10.9. The summed E-state index contributed by atoms with van der Waals surface area (Å²) in [5.41, 5.74) is 9.81. The van der Waals surface area contributed by atoms with Crippen LogP contribution in [0.5, 0.6) is 0 Å². The summed E-state index contributed by atoms with van der Waals surface area (Å²) in [5.74, 6) is 0.255. The zero-order chi connectivity index (χ0) is 14.4. The maximum absolute atomic E-state index is 5.80. The number of nitrogens with two attached hydrogens (primary N) is 1. The van der Waals surface area contributed by atoms with E-state index < -0.39 is 0 Å². The second-order valence-electron chi connectivity index (χ2n) is 3.78. The van der Waals surface area contributed by atoms with E-state index in [9.17, 15) is 0 Å². The van der Waals surface area contributed by atoms with Crippen LogP contribution in [0.3, 0.4) is 0 Å². The molecule has 0 amide bonds. The molecule has 1 aromatic heterocycles. The Morgan fingerprint density at radius 3 is 2.60 bits per heavy atom. The number of rotatable bonds is 3. The van der Waals surface area contributed by atoms with E-state index in [1.54, 1.807) is 30.5 Å². The summed E-state index contributed by atoms with van der Waals surface area (Å²) in [6, 6.07) is 12.5. The number of pyridine rings is 1. The van der Waals surface area contributed by atoms with Gasteiger partial charge in [-0.15, -0.1) is 0 Å². The first-order valence-corrected chi connectivity index (χ1v) is 6.51. The van der Waals surface area contributed by atoms with Crippen molar-refractivity contribution in [3.05, 3.63) is 59.4 Å². The van der Waals surface area contributed by atoms with Gasteiger partial charge in [-0.05, 0) is 48.6 Å². The number of halogens is 1. The molecule has 0 unspecified atom stereocenters. The molecule has 4 N–H and O–H groups in total. The molecular weight excluding hydrogens is 294 g/mol. The van der Waals surface area contributed by atoms with Gasteiger partial charge in [-0.25, -0.2) is 0 Å². The molecule has 0 aliphatic carbocycles. The molecule has 0 saturated heterocycles. The largest absolute Gasteiger partial charge is 0.380 e. The Bertz CT molecular complexity index is 612. The Hall–Kier alpha value is -2.18. The first-order chi connectivity index (χ1) is 9.65. The molecule has 7 heteroatoms. The van der Waals surface area contributed by atoms with E-state index in [-0.39, 0.29) is 5.84 Å². The molecule has 0 aliphatic heterocycles. The fraction of sp³-hybridized carbons (Fsp3) is 0. The Kier molecular flexibility index (Phi) is 4.86. The van der Waals surface area contributed by atoms with Crippen LogP contribution in [0.2, 0.25) is 5.02 Å². The number of thiocarbonyl (C=S) groups is 1. The van der Waals surface area contributed by atoms with Gasteiger partial charge in [0.1, 0.15) is 5.69 Å². The molecule has 102 valence electrons. The number of anilines is 1. The lowest BCUT2D eigenvalue weighted by atomic mass is 10.3. The number of nitrogens with zero attached hydrogens (tertiary/aromatic N) is 2. The van der Waals surface area contributed by atoms with Crippen molar-refractivity contribution in [1.29, 1.82) is 0 Å². The lowest BCUT2D eigenvalue weighted by Gasteiger charge is -2.07. The molecule has 0 radical (unpaired) electrons. The topological polar surface area (TPSA) is 75.3 Å². The lowest BCUT2D eigenvalue weighted by Crippen LogP contribution is -2.28. The molecule has 0 aliphatic rings. The van der Waals surface area contributed by atoms with Crippen molar-refractivity contribution in [3.8, 4) is 0 Å². The molecule has 0 bridgehead atoms. The molecule has 0 spiro atoms. The summed E-state index contributed by atoms with van der Waals surface area (Å²) in [6.07, 6.45) is 1.64. The van der Waals surface area contributed by atoms with Crippen LogP contribution in [0.1, 0.15) is 5.69 Å². The molecular formula is C13H12ClN5S. The van der Waals surface area contributed by atoms with Gasteiger partial charge in [0.15, 0.2) is 10.9 Å². The number of benzene rings is 1. The Morgan fingerprint density at radius 1 is 1.20 bits per heavy atom. The van der Waals surface area contributed by atoms with Gasteiger partial charge < -0.3 is 11.1 Å². The van der Waals surface area contributed by atoms with Gasteiger partial charge in [-0.2, -0.15) is 5.10 Å². The standard InChI is InChI=1S/C13H12ClN5S/c14-9-4-6-10(7-5-9)17-13(20)19-18-12(15)11-3-1-2-8-16-11/h1-8H,(H2,15,18)(H2,17,19,20). The van der Waals surface area contributed by atoms with Crippen LogP contribution in [0.15, 0.2) is 53.8 Å². The van der Waals surface area contributed by atoms with Crippen molar-refractivity contribution in [1.82, 2.24) is 10.4 Å². The lowest BCUT2D eigenvalue weighted by molar-refractivity contribution is 1.03. The van der Waals surface area contributed by atoms with Gasteiger partial charge >= 0.3 is 0 Å². The Balaban J connectivity index is 1.93. The van der Waals surface area contributed by atoms with Gasteiger partial charge in [0, 0.05) is 16.9 Å². The predicted molar refractivity (Wildman–Crippen MR) is 85.8 cm³/mol. The van der Waals surface area contributed by atoms with Gasteiger partial charge in [-0.1, -0.05) is 17.7 Å². The monoisotopic (exact) mass is 305 g/mol. The molecule has 2 aromatic rings. The van der Waals surface area contributed by atoms with Crippen LogP contribution in [0, 0.1) is 0 Å². The molecule has 2 rings (SSSR count). The number of hydrazone groups is 1. The second-order valence-corrected chi connectivity index (χ2v) is 4.63. The highest BCUT2D eigenvalue weighted by Crippen LogP contribution is 2.13. The average molecular weight is 306 g/mol. The first kappa shape index (κ1) is 14.2. The van der Waals surface area contributed by atoms with Crippen molar-refractivity contribution in [2.24, 2.45) is 10.8 Å². The van der Waals surface area contributed by atoms with Crippen molar-refractivity contribution < 1.29 is 0 Å². The Morgan fingerprint density at radius 2 is 1.95 bits per heavy atom. The number of nitrogens with one attached hydrogen (secondary N) is 2. The Labute approximate surface area is 126 Å². The van der Waals surface area contributed by atoms with E-state index in [1.165, 1.54) is 0 Å². The fourth-order valence-corrected chi connectivity index (χ4v) is 1.66. The summed E-state index contributed by atoms with van der Waals surface area (Å²) in [5, 5.41) is 7.90. The minimum Gasteiger partial charge on any atom is -0.380 e. The van der Waals surface area contributed by atoms with E-state index in [4.69, 9.17) is 29.6 Å². The van der Waals surface area contributed by atoms with Crippen molar-refractivity contribution in [2.45, 2.75) is 0 Å². The summed E-state index contributed by atoms with van der Waals surface area (Å²) in [6.45, 7) is 0. The second kappa shape index (κ2) is 6.83. The molecule has 20 heavy (non-hydrogen) atoms. The summed E-state index contributed by atoms with van der Waals surface area (Å²) in [7, 11) is 0. The summed E-state index contributed by atoms with van der Waals surface area (Å²) in [4.78, 5) is 4.08. The van der Waals surface area contributed by atoms with Crippen molar-refractivity contribution in [3.63, 3.8) is 0 Å². The van der Waals surface area contributed by atoms with Crippen LogP contribution in [-0.2, 0) is 0 Å². The van der Waals surface area contributed by atoms with E-state index in [2.05, 4.69) is 20.8 Å². The first-order valence-electron chi connectivity index (χ1n) is 5.72. The number of amidine groups is 1. The highest BCUT2D eigenvalue weighted by molar-refractivity contribution is 7.80. The number of hydrogen-bond acceptors (Lipinski definition) is 3. The summed E-state index contributed by atoms with van der Waals surface area (Å²) < 4.78 is 0. The molecule has 0 fully saturated rings. The zero-order valence-corrected chi connectivity index (χ0v) is 11.9. The van der Waals surface area contributed by atoms with Crippen LogP contribution in [-0.4, -0.2) is 15.9 Å². The highest BCUT2D eigenvalue weighted by atomic mass is 35.5. The highest BCUT2D eigenvalue weighted by Gasteiger charge is 2.00. The number of aromatic nitrogens is 1. The van der Waals surface area contributed by atoms with Crippen LogP contribution in [0.25, 0.3) is 0 Å². The third-order valence-electron chi connectivity index (χ3n) is 2.31. The molecule has 0 atom stereocenters. The average Bonchev–Trinajstić information content (AvgIpc) is 2.48. The van der Waals surface area contributed by atoms with E-state index in [1.807, 2.05) is 18.2 Å². The zero-order valence-electron chi connectivity index (χ0n) is 10.4. The van der Waals surface area contributed by atoms with E-state index in [0.29, 0.717) is 15.8 Å². The molecule has 1 aromatic carbocycles. The number of hydrogen-bond donors (Lipinski definition) is 3. The smallest absolute Gasteiger partial charge is 0.191 e. The van der Waals surface area contributed by atoms with E-state index >= 15 is 0 Å². The molecule has 1 heterocycles.